The first kappa shape index (κ1) is 17.2. The minimum atomic E-state index is -0.931. The Balaban J connectivity index is 1.73. The summed E-state index contributed by atoms with van der Waals surface area (Å²) in [5, 5.41) is 9.86. The molecule has 0 aliphatic rings. The summed E-state index contributed by atoms with van der Waals surface area (Å²) in [5.74, 6) is -0.0366. The van der Waals surface area contributed by atoms with Crippen molar-refractivity contribution in [3.05, 3.63) is 69.7 Å². The van der Waals surface area contributed by atoms with Gasteiger partial charge in [-0.15, -0.1) is 11.3 Å². The molecule has 2 aromatic carbocycles. The van der Waals surface area contributed by atoms with E-state index in [-0.39, 0.29) is 4.88 Å². The van der Waals surface area contributed by atoms with E-state index in [9.17, 15) is 4.79 Å². The van der Waals surface area contributed by atoms with Crippen molar-refractivity contribution in [1.82, 2.24) is 4.98 Å². The number of carboxylic acid groups (broad SMARTS) is 1. The van der Waals surface area contributed by atoms with Crippen LogP contribution >= 0.6 is 11.3 Å². The third-order valence-electron chi connectivity index (χ3n) is 3.93. The zero-order valence-electron chi connectivity index (χ0n) is 14.4. The maximum Gasteiger partial charge on any atom is 0.347 e. The van der Waals surface area contributed by atoms with Gasteiger partial charge in [-0.25, -0.2) is 9.78 Å². The Morgan fingerprint density at radius 2 is 1.84 bits per heavy atom. The lowest BCUT2D eigenvalue weighted by molar-refractivity contribution is 0.0701. The molecule has 0 radical (unpaired) electrons. The molecule has 0 aliphatic heterocycles. The number of hydrogen-bond acceptors (Lipinski definition) is 4. The highest BCUT2D eigenvalue weighted by Crippen LogP contribution is 2.28. The summed E-state index contributed by atoms with van der Waals surface area (Å²) >= 11 is 1.20. The van der Waals surface area contributed by atoms with Crippen molar-refractivity contribution in [1.29, 1.82) is 0 Å². The molecule has 1 N–H and O–H groups in total. The molecule has 1 heterocycles. The first-order chi connectivity index (χ1) is 11.9. The number of aromatic carboxylic acids is 1. The number of benzene rings is 2. The fraction of sp³-hybridized carbons (Fsp3) is 0.200. The normalized spacial score (nSPS) is 10.7. The molecule has 0 spiro atoms. The lowest BCUT2D eigenvalue weighted by atomic mass is 10.1. The SMILES string of the molecule is Cc1ccc(C)c(OCc2ccc(-c3nc(C)c(C(=O)O)s3)cc2)c1. The van der Waals surface area contributed by atoms with Crippen LogP contribution in [0, 0.1) is 20.8 Å². The van der Waals surface area contributed by atoms with Crippen LogP contribution in [-0.4, -0.2) is 16.1 Å². The minimum absolute atomic E-state index is 0.289. The molecule has 0 bridgehead atoms. The van der Waals surface area contributed by atoms with Crippen LogP contribution in [0.3, 0.4) is 0 Å². The van der Waals surface area contributed by atoms with E-state index in [0.717, 1.165) is 27.4 Å². The van der Waals surface area contributed by atoms with E-state index in [2.05, 4.69) is 17.1 Å². The van der Waals surface area contributed by atoms with E-state index in [4.69, 9.17) is 9.84 Å². The quantitative estimate of drug-likeness (QED) is 0.700. The monoisotopic (exact) mass is 353 g/mol. The van der Waals surface area contributed by atoms with E-state index in [1.54, 1.807) is 6.92 Å². The van der Waals surface area contributed by atoms with Gasteiger partial charge in [-0.05, 0) is 43.5 Å². The lowest BCUT2D eigenvalue weighted by Crippen LogP contribution is -1.97. The second-order valence-electron chi connectivity index (χ2n) is 5.99. The number of carbonyl (C=O) groups is 1. The topological polar surface area (TPSA) is 59.4 Å². The minimum Gasteiger partial charge on any atom is -0.489 e. The average Bonchev–Trinajstić information content (AvgIpc) is 2.98. The van der Waals surface area contributed by atoms with Gasteiger partial charge < -0.3 is 9.84 Å². The van der Waals surface area contributed by atoms with Gasteiger partial charge in [-0.2, -0.15) is 0 Å². The van der Waals surface area contributed by atoms with Gasteiger partial charge >= 0.3 is 5.97 Å². The Hall–Kier alpha value is -2.66. The van der Waals surface area contributed by atoms with Gasteiger partial charge in [-0.3, -0.25) is 0 Å². The fourth-order valence-electron chi connectivity index (χ4n) is 2.49. The maximum atomic E-state index is 11.1. The molecular formula is C20H19NO3S. The molecular weight excluding hydrogens is 334 g/mol. The Kier molecular flexibility index (Phi) is 4.86. The summed E-state index contributed by atoms with van der Waals surface area (Å²) in [5.41, 5.74) is 4.80. The summed E-state index contributed by atoms with van der Waals surface area (Å²) in [4.78, 5) is 15.8. The van der Waals surface area contributed by atoms with Crippen LogP contribution in [0.2, 0.25) is 0 Å². The van der Waals surface area contributed by atoms with E-state index in [1.165, 1.54) is 16.9 Å². The number of carboxylic acids is 1. The third kappa shape index (κ3) is 3.88. The van der Waals surface area contributed by atoms with Gasteiger partial charge in [-0.1, -0.05) is 36.4 Å². The predicted molar refractivity (Wildman–Crippen MR) is 99.5 cm³/mol. The van der Waals surface area contributed by atoms with Crippen LogP contribution in [-0.2, 0) is 6.61 Å². The number of nitrogens with zero attached hydrogens (tertiary/aromatic N) is 1. The van der Waals surface area contributed by atoms with Crippen LogP contribution in [0.4, 0.5) is 0 Å². The number of ether oxygens (including phenoxy) is 1. The summed E-state index contributed by atoms with van der Waals surface area (Å²) < 4.78 is 5.91. The van der Waals surface area contributed by atoms with Crippen LogP contribution in [0.1, 0.15) is 32.1 Å². The van der Waals surface area contributed by atoms with Crippen LogP contribution in [0.5, 0.6) is 5.75 Å². The van der Waals surface area contributed by atoms with Gasteiger partial charge in [0.2, 0.25) is 0 Å². The number of hydrogen-bond donors (Lipinski definition) is 1. The van der Waals surface area contributed by atoms with Crippen molar-refractivity contribution >= 4 is 17.3 Å². The molecule has 4 nitrogen and oxygen atoms in total. The van der Waals surface area contributed by atoms with Gasteiger partial charge in [0.25, 0.3) is 0 Å². The zero-order chi connectivity index (χ0) is 18.0. The van der Waals surface area contributed by atoms with Gasteiger partial charge in [0, 0.05) is 5.56 Å². The van der Waals surface area contributed by atoms with Gasteiger partial charge in [0.15, 0.2) is 0 Å². The van der Waals surface area contributed by atoms with Crippen molar-refractivity contribution < 1.29 is 14.6 Å². The Labute approximate surface area is 150 Å². The van der Waals surface area contributed by atoms with Crippen LogP contribution in [0.25, 0.3) is 10.6 Å². The Morgan fingerprint density at radius 3 is 2.48 bits per heavy atom. The number of aromatic nitrogens is 1. The van der Waals surface area contributed by atoms with Crippen molar-refractivity contribution in [3.8, 4) is 16.3 Å². The molecule has 0 amide bonds. The number of aryl methyl sites for hydroxylation is 3. The highest BCUT2D eigenvalue weighted by atomic mass is 32.1. The van der Waals surface area contributed by atoms with Crippen molar-refractivity contribution in [2.24, 2.45) is 0 Å². The van der Waals surface area contributed by atoms with Crippen LogP contribution in [0.15, 0.2) is 42.5 Å². The highest BCUT2D eigenvalue weighted by molar-refractivity contribution is 7.17. The molecule has 0 atom stereocenters. The number of rotatable bonds is 5. The largest absolute Gasteiger partial charge is 0.489 e. The molecule has 0 aliphatic carbocycles. The molecule has 5 heteroatoms. The molecule has 3 rings (SSSR count). The van der Waals surface area contributed by atoms with E-state index in [0.29, 0.717) is 12.3 Å². The molecule has 0 saturated carbocycles. The fourth-order valence-corrected chi connectivity index (χ4v) is 3.40. The first-order valence-electron chi connectivity index (χ1n) is 7.94. The van der Waals surface area contributed by atoms with Crippen molar-refractivity contribution in [2.75, 3.05) is 0 Å². The summed E-state index contributed by atoms with van der Waals surface area (Å²) in [6, 6.07) is 14.0. The van der Waals surface area contributed by atoms with E-state index >= 15 is 0 Å². The Bertz CT molecular complexity index is 913. The molecule has 0 fully saturated rings. The average molecular weight is 353 g/mol. The second-order valence-corrected chi connectivity index (χ2v) is 6.99. The highest BCUT2D eigenvalue weighted by Gasteiger charge is 2.14. The maximum absolute atomic E-state index is 11.1. The number of thiazole rings is 1. The van der Waals surface area contributed by atoms with E-state index in [1.807, 2.05) is 44.2 Å². The smallest absolute Gasteiger partial charge is 0.347 e. The summed E-state index contributed by atoms with van der Waals surface area (Å²) in [6.45, 7) is 6.28. The molecule has 1 aromatic heterocycles. The van der Waals surface area contributed by atoms with Gasteiger partial charge in [0.1, 0.15) is 22.2 Å². The molecule has 0 unspecified atom stereocenters. The first-order valence-corrected chi connectivity index (χ1v) is 8.76. The summed E-state index contributed by atoms with van der Waals surface area (Å²) in [6.07, 6.45) is 0. The lowest BCUT2D eigenvalue weighted by Gasteiger charge is -2.10. The van der Waals surface area contributed by atoms with E-state index < -0.39 is 5.97 Å². The zero-order valence-corrected chi connectivity index (χ0v) is 15.2. The van der Waals surface area contributed by atoms with Crippen molar-refractivity contribution in [2.45, 2.75) is 27.4 Å². The molecule has 0 saturated heterocycles. The standard InChI is InChI=1S/C20H19NO3S/c1-12-4-5-13(2)17(10-12)24-11-15-6-8-16(9-7-15)19-21-14(3)18(25-19)20(22)23/h4-10H,11H2,1-3H3,(H,22,23). The Morgan fingerprint density at radius 1 is 1.12 bits per heavy atom. The van der Waals surface area contributed by atoms with Gasteiger partial charge in [0.05, 0.1) is 5.69 Å². The molecule has 3 aromatic rings. The van der Waals surface area contributed by atoms with Crippen LogP contribution < -0.4 is 4.74 Å². The molecule has 25 heavy (non-hydrogen) atoms. The van der Waals surface area contributed by atoms with Crippen molar-refractivity contribution in [3.63, 3.8) is 0 Å². The molecule has 128 valence electrons. The third-order valence-corrected chi connectivity index (χ3v) is 5.12. The predicted octanol–water partition coefficient (Wildman–Crippen LogP) is 5.01. The second kappa shape index (κ2) is 7.07. The summed E-state index contributed by atoms with van der Waals surface area (Å²) in [7, 11) is 0.